The number of aromatic nitrogens is 3. The van der Waals surface area contributed by atoms with Crippen LogP contribution < -0.4 is 11.1 Å². The molecule has 1 aromatic rings. The molecule has 0 amide bonds. The normalized spacial score (nSPS) is 16.7. The summed E-state index contributed by atoms with van der Waals surface area (Å²) in [7, 11) is 0. The van der Waals surface area contributed by atoms with Crippen LogP contribution in [0.2, 0.25) is 5.28 Å². The minimum atomic E-state index is 0.0956. The third kappa shape index (κ3) is 4.27. The molecule has 0 unspecified atom stereocenters. The lowest BCUT2D eigenvalue weighted by atomic mass is 9.98. The van der Waals surface area contributed by atoms with Crippen LogP contribution in [0, 0.1) is 0 Å². The van der Waals surface area contributed by atoms with Gasteiger partial charge in [0.2, 0.25) is 17.2 Å². The first-order chi connectivity index (χ1) is 8.74. The molecule has 18 heavy (non-hydrogen) atoms. The Morgan fingerprint density at radius 1 is 1.22 bits per heavy atom. The largest absolute Gasteiger partial charge is 0.376 e. The summed E-state index contributed by atoms with van der Waals surface area (Å²) in [6.07, 6.45) is 6.64. The molecule has 0 aliphatic heterocycles. The first kappa shape index (κ1) is 13.3. The zero-order valence-corrected chi connectivity index (χ0v) is 11.0. The summed E-state index contributed by atoms with van der Waals surface area (Å²) in [6.45, 7) is 1.27. The summed E-state index contributed by atoms with van der Waals surface area (Å²) in [4.78, 5) is 11.5. The maximum atomic E-state index is 5.77. The lowest BCUT2D eigenvalue weighted by Crippen LogP contribution is -2.21. The van der Waals surface area contributed by atoms with Crippen molar-refractivity contribution < 1.29 is 4.74 Å². The van der Waals surface area contributed by atoms with E-state index < -0.39 is 0 Å². The molecule has 1 saturated carbocycles. The second-order valence-electron chi connectivity index (χ2n) is 4.34. The summed E-state index contributed by atoms with van der Waals surface area (Å²) < 4.78 is 5.77. The highest BCUT2D eigenvalue weighted by atomic mass is 35.5. The predicted molar refractivity (Wildman–Crippen MR) is 70.6 cm³/mol. The average Bonchev–Trinajstić information content (AvgIpc) is 2.35. The van der Waals surface area contributed by atoms with Gasteiger partial charge >= 0.3 is 0 Å². The molecule has 7 heteroatoms. The minimum absolute atomic E-state index is 0.0956. The Balaban J connectivity index is 1.68. The van der Waals surface area contributed by atoms with Gasteiger partial charge in [-0.15, -0.1) is 0 Å². The Morgan fingerprint density at radius 3 is 2.72 bits per heavy atom. The monoisotopic (exact) mass is 271 g/mol. The van der Waals surface area contributed by atoms with E-state index in [1.807, 2.05) is 0 Å². The Hall–Kier alpha value is -1.14. The predicted octanol–water partition coefficient (Wildman–Crippen LogP) is 1.87. The van der Waals surface area contributed by atoms with E-state index in [1.165, 1.54) is 32.1 Å². The van der Waals surface area contributed by atoms with Gasteiger partial charge in [0.1, 0.15) is 0 Å². The summed E-state index contributed by atoms with van der Waals surface area (Å²) in [6, 6.07) is 0. The molecule has 0 aromatic carbocycles. The first-order valence-electron chi connectivity index (χ1n) is 6.26. The third-order valence-corrected chi connectivity index (χ3v) is 3.09. The Bertz CT molecular complexity index is 363. The second-order valence-corrected chi connectivity index (χ2v) is 4.68. The fraction of sp³-hybridized carbons (Fsp3) is 0.727. The lowest BCUT2D eigenvalue weighted by Gasteiger charge is -2.21. The van der Waals surface area contributed by atoms with Crippen molar-refractivity contribution in [1.29, 1.82) is 0 Å². The molecule has 0 bridgehead atoms. The molecule has 3 N–H and O–H groups in total. The highest BCUT2D eigenvalue weighted by molar-refractivity contribution is 6.28. The van der Waals surface area contributed by atoms with Crippen molar-refractivity contribution >= 4 is 23.5 Å². The number of anilines is 2. The number of nitrogens with one attached hydrogen (secondary N) is 1. The van der Waals surface area contributed by atoms with E-state index >= 15 is 0 Å². The summed E-state index contributed by atoms with van der Waals surface area (Å²) in [5.74, 6) is 0.505. The van der Waals surface area contributed by atoms with E-state index in [4.69, 9.17) is 22.1 Å². The highest BCUT2D eigenvalue weighted by Crippen LogP contribution is 2.19. The van der Waals surface area contributed by atoms with Crippen molar-refractivity contribution in [2.45, 2.75) is 38.2 Å². The van der Waals surface area contributed by atoms with Gasteiger partial charge in [-0.2, -0.15) is 15.0 Å². The fourth-order valence-electron chi connectivity index (χ4n) is 2.06. The maximum Gasteiger partial charge on any atom is 0.228 e. The van der Waals surface area contributed by atoms with Crippen LogP contribution in [0.25, 0.3) is 0 Å². The SMILES string of the molecule is Nc1nc(Cl)nc(NCCOC2CCCCC2)n1. The van der Waals surface area contributed by atoms with Crippen molar-refractivity contribution in [3.05, 3.63) is 5.28 Å². The molecule has 0 saturated heterocycles. The molecule has 1 aliphatic rings. The van der Waals surface area contributed by atoms with Crippen LogP contribution in [0.5, 0.6) is 0 Å². The molecule has 0 atom stereocenters. The van der Waals surface area contributed by atoms with E-state index in [-0.39, 0.29) is 11.2 Å². The summed E-state index contributed by atoms with van der Waals surface area (Å²) >= 11 is 5.67. The number of nitrogens with zero attached hydrogens (tertiary/aromatic N) is 3. The number of nitrogens with two attached hydrogens (primary N) is 1. The Morgan fingerprint density at radius 2 is 2.00 bits per heavy atom. The van der Waals surface area contributed by atoms with E-state index in [1.54, 1.807) is 0 Å². The number of hydrogen-bond donors (Lipinski definition) is 2. The minimum Gasteiger partial charge on any atom is -0.376 e. The van der Waals surface area contributed by atoms with Crippen LogP contribution in [0.1, 0.15) is 32.1 Å². The third-order valence-electron chi connectivity index (χ3n) is 2.92. The van der Waals surface area contributed by atoms with Gasteiger partial charge in [-0.3, -0.25) is 0 Å². The summed E-state index contributed by atoms with van der Waals surface area (Å²) in [5, 5.41) is 3.11. The number of halogens is 1. The lowest BCUT2D eigenvalue weighted by molar-refractivity contribution is 0.0347. The Labute approximate surface area is 111 Å². The van der Waals surface area contributed by atoms with Crippen molar-refractivity contribution in [2.24, 2.45) is 0 Å². The van der Waals surface area contributed by atoms with E-state index in [0.717, 1.165) is 0 Å². The molecular formula is C11H18ClN5O. The Kier molecular flexibility index (Phi) is 4.95. The van der Waals surface area contributed by atoms with Crippen LogP contribution in [0.3, 0.4) is 0 Å². The van der Waals surface area contributed by atoms with Crippen LogP contribution in [-0.2, 0) is 4.74 Å². The average molecular weight is 272 g/mol. The van der Waals surface area contributed by atoms with Gasteiger partial charge in [0.05, 0.1) is 12.7 Å². The van der Waals surface area contributed by atoms with Gasteiger partial charge in [-0.1, -0.05) is 19.3 Å². The number of nitrogen functional groups attached to an aromatic ring is 1. The molecule has 2 rings (SSSR count). The summed E-state index contributed by atoms with van der Waals surface area (Å²) in [5.41, 5.74) is 5.46. The zero-order valence-electron chi connectivity index (χ0n) is 10.2. The van der Waals surface area contributed by atoms with Crippen molar-refractivity contribution in [1.82, 2.24) is 15.0 Å². The van der Waals surface area contributed by atoms with Crippen molar-refractivity contribution in [3.63, 3.8) is 0 Å². The first-order valence-corrected chi connectivity index (χ1v) is 6.64. The second kappa shape index (κ2) is 6.70. The van der Waals surface area contributed by atoms with Gasteiger partial charge in [0.15, 0.2) is 0 Å². The van der Waals surface area contributed by atoms with Crippen LogP contribution in [0.15, 0.2) is 0 Å². The van der Waals surface area contributed by atoms with Gasteiger partial charge in [0, 0.05) is 6.54 Å². The van der Waals surface area contributed by atoms with Crippen LogP contribution in [0.4, 0.5) is 11.9 Å². The topological polar surface area (TPSA) is 86.0 Å². The molecule has 0 radical (unpaired) electrons. The van der Waals surface area contributed by atoms with Gasteiger partial charge < -0.3 is 15.8 Å². The van der Waals surface area contributed by atoms with E-state index in [0.29, 0.717) is 25.2 Å². The molecule has 1 fully saturated rings. The zero-order chi connectivity index (χ0) is 12.8. The van der Waals surface area contributed by atoms with Crippen LogP contribution in [-0.4, -0.2) is 34.2 Å². The number of hydrogen-bond acceptors (Lipinski definition) is 6. The molecule has 1 heterocycles. The molecule has 6 nitrogen and oxygen atoms in total. The van der Waals surface area contributed by atoms with Gasteiger partial charge in [-0.25, -0.2) is 0 Å². The standard InChI is InChI=1S/C11H18ClN5O/c12-9-15-10(13)17-11(16-9)14-6-7-18-8-4-2-1-3-5-8/h8H,1-7H2,(H3,13,14,15,16,17). The number of rotatable bonds is 5. The smallest absolute Gasteiger partial charge is 0.228 e. The van der Waals surface area contributed by atoms with Gasteiger partial charge in [0.25, 0.3) is 0 Å². The molecule has 1 aliphatic carbocycles. The molecule has 1 aromatic heterocycles. The number of ether oxygens (including phenoxy) is 1. The van der Waals surface area contributed by atoms with Crippen LogP contribution >= 0.6 is 11.6 Å². The van der Waals surface area contributed by atoms with Crippen molar-refractivity contribution in [3.8, 4) is 0 Å². The molecule has 100 valence electrons. The van der Waals surface area contributed by atoms with E-state index in [2.05, 4.69) is 20.3 Å². The molecular weight excluding hydrogens is 254 g/mol. The molecule has 0 spiro atoms. The van der Waals surface area contributed by atoms with E-state index in [9.17, 15) is 0 Å². The maximum absolute atomic E-state index is 5.77. The highest BCUT2D eigenvalue weighted by Gasteiger charge is 2.13. The quantitative estimate of drug-likeness (QED) is 0.795. The van der Waals surface area contributed by atoms with Crippen molar-refractivity contribution in [2.75, 3.05) is 24.2 Å². The fourth-order valence-corrected chi connectivity index (χ4v) is 2.23. The van der Waals surface area contributed by atoms with Gasteiger partial charge in [-0.05, 0) is 24.4 Å².